The van der Waals surface area contributed by atoms with Gasteiger partial charge < -0.3 is 0 Å². The Morgan fingerprint density at radius 3 is 1.78 bits per heavy atom. The molecule has 0 fully saturated rings. The second kappa shape index (κ2) is 7.67. The molecule has 3 aromatic rings. The average Bonchev–Trinajstić information content (AvgIpc) is 3.12. The van der Waals surface area contributed by atoms with Gasteiger partial charge in [-0.15, -0.1) is 37.9 Å². The summed E-state index contributed by atoms with van der Waals surface area (Å²) in [5.41, 5.74) is 3.22. The molecule has 0 nitrogen and oxygen atoms in total. The molecular formula is C24H20S3. The van der Waals surface area contributed by atoms with Gasteiger partial charge in [0.1, 0.15) is 0 Å². The number of thiol groups is 3. The van der Waals surface area contributed by atoms with Crippen LogP contribution >= 0.6 is 37.9 Å². The van der Waals surface area contributed by atoms with Gasteiger partial charge in [-0.3, -0.25) is 0 Å². The molecule has 3 aromatic carbocycles. The van der Waals surface area contributed by atoms with Crippen LogP contribution in [0.15, 0.2) is 112 Å². The number of hydrogen-bond acceptors (Lipinski definition) is 3. The quantitative estimate of drug-likeness (QED) is 0.317. The fraction of sp³-hybridized carbons (Fsp3) is 0.0833. The van der Waals surface area contributed by atoms with E-state index in [-0.39, 0.29) is 5.92 Å². The molecule has 0 spiro atoms. The molecular weight excluding hydrogens is 384 g/mol. The van der Waals surface area contributed by atoms with Gasteiger partial charge in [0, 0.05) is 20.6 Å². The molecule has 1 atom stereocenters. The van der Waals surface area contributed by atoms with E-state index in [1.807, 2.05) is 12.1 Å². The lowest BCUT2D eigenvalue weighted by atomic mass is 9.62. The summed E-state index contributed by atoms with van der Waals surface area (Å²) < 4.78 is 0. The van der Waals surface area contributed by atoms with Crippen LogP contribution in [0.1, 0.15) is 16.7 Å². The molecule has 0 amide bonds. The van der Waals surface area contributed by atoms with Gasteiger partial charge in [-0.25, -0.2) is 0 Å². The second-order valence-corrected chi connectivity index (χ2v) is 8.23. The van der Waals surface area contributed by atoms with E-state index in [1.165, 1.54) is 11.1 Å². The van der Waals surface area contributed by atoms with Crippen LogP contribution in [0.3, 0.4) is 0 Å². The zero-order valence-corrected chi connectivity index (χ0v) is 17.3. The third-order valence-electron chi connectivity index (χ3n) is 5.19. The maximum Gasteiger partial charge on any atom is 0.0559 e. The van der Waals surface area contributed by atoms with Gasteiger partial charge in [0.2, 0.25) is 0 Å². The lowest BCUT2D eigenvalue weighted by molar-refractivity contribution is 0.519. The van der Waals surface area contributed by atoms with Crippen LogP contribution in [-0.4, -0.2) is 0 Å². The zero-order valence-electron chi connectivity index (χ0n) is 14.7. The summed E-state index contributed by atoms with van der Waals surface area (Å²) in [6.07, 6.45) is 6.55. The van der Waals surface area contributed by atoms with Crippen LogP contribution in [-0.2, 0) is 5.41 Å². The highest BCUT2D eigenvalue weighted by molar-refractivity contribution is 7.84. The molecule has 1 unspecified atom stereocenters. The topological polar surface area (TPSA) is 0 Å². The molecule has 0 aromatic heterocycles. The Kier molecular flexibility index (Phi) is 5.27. The summed E-state index contributed by atoms with van der Waals surface area (Å²) in [7, 11) is 0. The average molecular weight is 405 g/mol. The van der Waals surface area contributed by atoms with Crippen molar-refractivity contribution in [3.63, 3.8) is 0 Å². The Labute approximate surface area is 177 Å². The molecule has 1 aliphatic rings. The van der Waals surface area contributed by atoms with Crippen molar-refractivity contribution in [2.24, 2.45) is 5.92 Å². The Bertz CT molecular complexity index is 965. The van der Waals surface area contributed by atoms with E-state index in [0.717, 1.165) is 20.3 Å². The SMILES string of the molecule is SC1=CC(C(c2ccccc2)(c2ccccc2)c2ccc(S)cc2S)C=C1. The summed E-state index contributed by atoms with van der Waals surface area (Å²) in [5, 5.41) is 0. The maximum atomic E-state index is 4.86. The van der Waals surface area contributed by atoms with E-state index in [1.54, 1.807) is 0 Å². The maximum absolute atomic E-state index is 4.86. The van der Waals surface area contributed by atoms with Crippen LogP contribution < -0.4 is 0 Å². The van der Waals surface area contributed by atoms with Gasteiger partial charge in [-0.1, -0.05) is 85.0 Å². The first-order chi connectivity index (χ1) is 13.1. The monoisotopic (exact) mass is 404 g/mol. The van der Waals surface area contributed by atoms with Crippen molar-refractivity contribution in [1.29, 1.82) is 0 Å². The molecule has 0 N–H and O–H groups in total. The number of hydrogen-bond donors (Lipinski definition) is 3. The molecule has 1 aliphatic carbocycles. The molecule has 0 aliphatic heterocycles. The predicted octanol–water partition coefficient (Wildman–Crippen LogP) is 6.60. The van der Waals surface area contributed by atoms with Crippen molar-refractivity contribution in [2.75, 3.05) is 0 Å². The van der Waals surface area contributed by atoms with Gasteiger partial charge in [-0.05, 0) is 28.8 Å². The third-order valence-corrected chi connectivity index (χ3v) is 6.14. The summed E-state index contributed by atoms with van der Waals surface area (Å²) in [4.78, 5) is 2.83. The zero-order chi connectivity index (χ0) is 18.9. The highest BCUT2D eigenvalue weighted by Gasteiger charge is 2.43. The summed E-state index contributed by atoms with van der Waals surface area (Å²) >= 11 is 14.0. The van der Waals surface area contributed by atoms with Gasteiger partial charge in [0.05, 0.1) is 5.41 Å². The smallest absolute Gasteiger partial charge is 0.0559 e. The molecule has 0 saturated heterocycles. The highest BCUT2D eigenvalue weighted by atomic mass is 32.1. The van der Waals surface area contributed by atoms with Crippen LogP contribution in [0.5, 0.6) is 0 Å². The third kappa shape index (κ3) is 3.29. The van der Waals surface area contributed by atoms with Crippen LogP contribution in [0.4, 0.5) is 0 Å². The lowest BCUT2D eigenvalue weighted by Crippen LogP contribution is -2.36. The molecule has 3 heteroatoms. The fourth-order valence-corrected chi connectivity index (χ4v) is 5.01. The molecule has 0 bridgehead atoms. The predicted molar refractivity (Wildman–Crippen MR) is 123 cm³/mol. The van der Waals surface area contributed by atoms with E-state index in [4.69, 9.17) is 12.6 Å². The van der Waals surface area contributed by atoms with Gasteiger partial charge >= 0.3 is 0 Å². The van der Waals surface area contributed by atoms with Crippen LogP contribution in [0, 0.1) is 5.92 Å². The van der Waals surface area contributed by atoms with Crippen molar-refractivity contribution in [2.45, 2.75) is 15.2 Å². The van der Waals surface area contributed by atoms with Gasteiger partial charge in [0.25, 0.3) is 0 Å². The molecule has 4 rings (SSSR count). The van der Waals surface area contributed by atoms with Crippen molar-refractivity contribution in [3.05, 3.63) is 119 Å². The lowest BCUT2D eigenvalue weighted by Gasteiger charge is -2.40. The van der Waals surface area contributed by atoms with Crippen LogP contribution in [0.25, 0.3) is 0 Å². The fourth-order valence-electron chi connectivity index (χ4n) is 4.06. The first kappa shape index (κ1) is 18.5. The first-order valence-electron chi connectivity index (χ1n) is 8.85. The van der Waals surface area contributed by atoms with E-state index >= 15 is 0 Å². The standard InChI is InChI=1S/C24H20S3/c25-20-12-11-19(15-20)24(17-7-3-1-4-8-17,18-9-5-2-6-10-18)22-14-13-21(26)16-23(22)27/h1-16,19,25-27H. The largest absolute Gasteiger partial charge is 0.144 e. The summed E-state index contributed by atoms with van der Waals surface area (Å²) in [6.45, 7) is 0. The number of rotatable bonds is 4. The minimum Gasteiger partial charge on any atom is -0.144 e. The van der Waals surface area contributed by atoms with E-state index in [0.29, 0.717) is 0 Å². The summed E-state index contributed by atoms with van der Waals surface area (Å²) in [6, 6.07) is 27.5. The Balaban J connectivity index is 2.11. The van der Waals surface area contributed by atoms with Crippen molar-refractivity contribution < 1.29 is 0 Å². The molecule has 134 valence electrons. The molecule has 0 radical (unpaired) electrons. The Morgan fingerprint density at radius 2 is 1.30 bits per heavy atom. The molecule has 27 heavy (non-hydrogen) atoms. The Morgan fingerprint density at radius 1 is 0.704 bits per heavy atom. The van der Waals surface area contributed by atoms with Gasteiger partial charge in [0.15, 0.2) is 0 Å². The number of allylic oxidation sites excluding steroid dienone is 3. The van der Waals surface area contributed by atoms with Crippen molar-refractivity contribution in [3.8, 4) is 0 Å². The first-order valence-corrected chi connectivity index (χ1v) is 10.2. The van der Waals surface area contributed by atoms with E-state index < -0.39 is 5.41 Å². The minimum atomic E-state index is -0.401. The van der Waals surface area contributed by atoms with Crippen molar-refractivity contribution in [1.82, 2.24) is 0 Å². The van der Waals surface area contributed by atoms with E-state index in [2.05, 4.69) is 110 Å². The normalized spacial score (nSPS) is 16.4. The highest BCUT2D eigenvalue weighted by Crippen LogP contribution is 2.50. The van der Waals surface area contributed by atoms with E-state index in [9.17, 15) is 0 Å². The number of benzene rings is 3. The van der Waals surface area contributed by atoms with Crippen LogP contribution in [0.2, 0.25) is 0 Å². The second-order valence-electron chi connectivity index (χ2n) is 6.72. The molecule has 0 heterocycles. The molecule has 0 saturated carbocycles. The van der Waals surface area contributed by atoms with Crippen molar-refractivity contribution >= 4 is 37.9 Å². The Hall–Kier alpha value is -1.81. The van der Waals surface area contributed by atoms with Gasteiger partial charge in [-0.2, -0.15) is 0 Å². The summed E-state index contributed by atoms with van der Waals surface area (Å²) in [5.74, 6) is 0.131. The minimum absolute atomic E-state index is 0.131.